The molecule has 1 aliphatic heterocycles. The number of hydrogen-bond donors (Lipinski definition) is 0. The number of amides is 1. The highest BCUT2D eigenvalue weighted by molar-refractivity contribution is 6.08. The van der Waals surface area contributed by atoms with E-state index in [1.807, 2.05) is 35.8 Å². The standard InChI is InChI=1S/C23H24FN3O3/c1-3-5-14-26-21(28)19(22(29)30-4-2)20(15-10-6-7-11-16(15)24)27-18-13-9-8-12-17(18)25-23(26)27/h6-13,19-20H,3-5,14H2,1-2H3. The Morgan fingerprint density at radius 3 is 2.60 bits per heavy atom. The molecule has 1 aromatic heterocycles. The number of unbranched alkanes of at least 4 members (excludes halogenated alkanes) is 1. The topological polar surface area (TPSA) is 64.4 Å². The number of fused-ring (bicyclic) bond motifs is 3. The highest BCUT2D eigenvalue weighted by atomic mass is 19.1. The highest BCUT2D eigenvalue weighted by Crippen LogP contribution is 2.42. The number of carbonyl (C=O) groups excluding carboxylic acids is 2. The van der Waals surface area contributed by atoms with Gasteiger partial charge in [-0.05, 0) is 31.5 Å². The number of benzene rings is 2. The summed E-state index contributed by atoms with van der Waals surface area (Å²) in [4.78, 5) is 32.7. The van der Waals surface area contributed by atoms with E-state index in [0.29, 0.717) is 18.0 Å². The first-order chi connectivity index (χ1) is 14.6. The van der Waals surface area contributed by atoms with Crippen LogP contribution < -0.4 is 4.90 Å². The number of para-hydroxylation sites is 2. The number of rotatable bonds is 6. The van der Waals surface area contributed by atoms with Crippen LogP contribution in [0.5, 0.6) is 0 Å². The zero-order valence-corrected chi connectivity index (χ0v) is 17.0. The van der Waals surface area contributed by atoms with Crippen molar-refractivity contribution in [3.8, 4) is 0 Å². The Morgan fingerprint density at radius 2 is 1.87 bits per heavy atom. The zero-order chi connectivity index (χ0) is 21.3. The Balaban J connectivity index is 2.00. The van der Waals surface area contributed by atoms with E-state index in [1.165, 1.54) is 6.07 Å². The van der Waals surface area contributed by atoms with E-state index in [2.05, 4.69) is 4.98 Å². The van der Waals surface area contributed by atoms with Gasteiger partial charge in [0.1, 0.15) is 5.82 Å². The quantitative estimate of drug-likeness (QED) is 0.454. The number of anilines is 1. The first kappa shape index (κ1) is 20.1. The van der Waals surface area contributed by atoms with Gasteiger partial charge in [-0.2, -0.15) is 0 Å². The van der Waals surface area contributed by atoms with E-state index in [0.717, 1.165) is 18.4 Å². The van der Waals surface area contributed by atoms with Crippen molar-refractivity contribution in [2.45, 2.75) is 32.7 Å². The number of aromatic nitrogens is 2. The molecule has 0 bridgehead atoms. The second kappa shape index (κ2) is 8.26. The summed E-state index contributed by atoms with van der Waals surface area (Å²) < 4.78 is 22.0. The molecule has 0 aliphatic carbocycles. The van der Waals surface area contributed by atoms with Crippen LogP contribution in [0.1, 0.15) is 38.3 Å². The van der Waals surface area contributed by atoms with Gasteiger partial charge in [-0.1, -0.05) is 43.7 Å². The number of carbonyl (C=O) groups is 2. The normalized spacial score (nSPS) is 18.5. The molecule has 0 saturated carbocycles. The van der Waals surface area contributed by atoms with Crippen molar-refractivity contribution in [2.75, 3.05) is 18.1 Å². The molecule has 156 valence electrons. The Bertz CT molecular complexity index is 1090. The van der Waals surface area contributed by atoms with E-state index >= 15 is 0 Å². The molecule has 7 heteroatoms. The molecule has 2 heterocycles. The molecule has 1 amide bonds. The molecule has 6 nitrogen and oxygen atoms in total. The summed E-state index contributed by atoms with van der Waals surface area (Å²) in [5, 5.41) is 0. The fourth-order valence-electron chi connectivity index (χ4n) is 4.07. The predicted molar refractivity (Wildman–Crippen MR) is 112 cm³/mol. The van der Waals surface area contributed by atoms with Crippen LogP contribution in [0.25, 0.3) is 11.0 Å². The van der Waals surface area contributed by atoms with Gasteiger partial charge in [-0.3, -0.25) is 14.5 Å². The molecule has 2 atom stereocenters. The van der Waals surface area contributed by atoms with Crippen molar-refractivity contribution in [3.05, 3.63) is 59.9 Å². The van der Waals surface area contributed by atoms with Crippen LogP contribution in [0.2, 0.25) is 0 Å². The molecule has 1 aliphatic rings. The summed E-state index contributed by atoms with van der Waals surface area (Å²) in [5.74, 6) is -2.29. The molecular weight excluding hydrogens is 385 g/mol. The summed E-state index contributed by atoms with van der Waals surface area (Å²) in [6, 6.07) is 12.8. The summed E-state index contributed by atoms with van der Waals surface area (Å²) >= 11 is 0. The minimum atomic E-state index is -1.19. The zero-order valence-electron chi connectivity index (χ0n) is 17.0. The molecule has 2 unspecified atom stereocenters. The molecular formula is C23H24FN3O3. The molecule has 0 spiro atoms. The lowest BCUT2D eigenvalue weighted by atomic mass is 9.89. The molecule has 4 rings (SSSR count). The first-order valence-corrected chi connectivity index (χ1v) is 10.3. The Hall–Kier alpha value is -3.22. The molecule has 0 radical (unpaired) electrons. The molecule has 2 aromatic carbocycles. The summed E-state index contributed by atoms with van der Waals surface area (Å²) in [6.45, 7) is 4.29. The largest absolute Gasteiger partial charge is 0.465 e. The lowest BCUT2D eigenvalue weighted by Crippen LogP contribution is -2.50. The number of nitrogens with zero attached hydrogens (tertiary/aromatic N) is 3. The SMILES string of the molecule is CCCCN1C(=O)C(C(=O)OCC)C(c2ccccc2F)n2c1nc1ccccc12. The van der Waals surface area contributed by atoms with Crippen LogP contribution in [-0.2, 0) is 14.3 Å². The number of hydrogen-bond acceptors (Lipinski definition) is 4. The van der Waals surface area contributed by atoms with E-state index in [9.17, 15) is 14.0 Å². The third-order valence-electron chi connectivity index (χ3n) is 5.44. The van der Waals surface area contributed by atoms with E-state index in [-0.39, 0.29) is 12.2 Å². The monoisotopic (exact) mass is 409 g/mol. The van der Waals surface area contributed by atoms with Gasteiger partial charge in [-0.25, -0.2) is 9.37 Å². The maximum atomic E-state index is 14.9. The van der Waals surface area contributed by atoms with Crippen LogP contribution in [0.4, 0.5) is 10.3 Å². The summed E-state index contributed by atoms with van der Waals surface area (Å²) in [5.41, 5.74) is 1.69. The van der Waals surface area contributed by atoms with Crippen molar-refractivity contribution >= 4 is 28.9 Å². The van der Waals surface area contributed by atoms with Crippen molar-refractivity contribution in [2.24, 2.45) is 5.92 Å². The number of esters is 1. The minimum absolute atomic E-state index is 0.138. The van der Waals surface area contributed by atoms with Crippen LogP contribution >= 0.6 is 0 Å². The maximum absolute atomic E-state index is 14.9. The van der Waals surface area contributed by atoms with E-state index in [4.69, 9.17) is 4.74 Å². The average molecular weight is 409 g/mol. The fraction of sp³-hybridized carbons (Fsp3) is 0.348. The van der Waals surface area contributed by atoms with Gasteiger partial charge >= 0.3 is 5.97 Å². The van der Waals surface area contributed by atoms with Gasteiger partial charge < -0.3 is 9.30 Å². The Kier molecular flexibility index (Phi) is 5.53. The third kappa shape index (κ3) is 3.24. The number of ether oxygens (including phenoxy) is 1. The van der Waals surface area contributed by atoms with Gasteiger partial charge in [0.15, 0.2) is 5.92 Å². The predicted octanol–water partition coefficient (Wildman–Crippen LogP) is 4.09. The van der Waals surface area contributed by atoms with Gasteiger partial charge in [0, 0.05) is 12.1 Å². The van der Waals surface area contributed by atoms with E-state index in [1.54, 1.807) is 30.0 Å². The van der Waals surface area contributed by atoms with Crippen molar-refractivity contribution in [1.82, 2.24) is 9.55 Å². The fourth-order valence-corrected chi connectivity index (χ4v) is 4.07. The molecule has 0 fully saturated rings. The third-order valence-corrected chi connectivity index (χ3v) is 5.44. The van der Waals surface area contributed by atoms with Gasteiger partial charge in [0.25, 0.3) is 0 Å². The van der Waals surface area contributed by atoms with E-state index < -0.39 is 29.7 Å². The lowest BCUT2D eigenvalue weighted by molar-refractivity contribution is -0.153. The summed E-state index contributed by atoms with van der Waals surface area (Å²) in [6.07, 6.45) is 1.64. The average Bonchev–Trinajstić information content (AvgIpc) is 3.12. The van der Waals surface area contributed by atoms with Crippen molar-refractivity contribution < 1.29 is 18.7 Å². The Morgan fingerprint density at radius 1 is 1.13 bits per heavy atom. The first-order valence-electron chi connectivity index (χ1n) is 10.3. The van der Waals surface area contributed by atoms with Crippen LogP contribution in [0, 0.1) is 11.7 Å². The van der Waals surface area contributed by atoms with Crippen molar-refractivity contribution in [3.63, 3.8) is 0 Å². The number of halogens is 1. The smallest absolute Gasteiger partial charge is 0.321 e. The minimum Gasteiger partial charge on any atom is -0.465 e. The molecule has 0 N–H and O–H groups in total. The van der Waals surface area contributed by atoms with Gasteiger partial charge in [0.05, 0.1) is 23.7 Å². The Labute approximate surface area is 174 Å². The molecule has 0 saturated heterocycles. The second-order valence-corrected chi connectivity index (χ2v) is 7.31. The molecule has 3 aromatic rings. The summed E-state index contributed by atoms with van der Waals surface area (Å²) in [7, 11) is 0. The highest BCUT2D eigenvalue weighted by Gasteiger charge is 2.48. The number of imidazole rings is 1. The van der Waals surface area contributed by atoms with Gasteiger partial charge in [0.2, 0.25) is 11.9 Å². The molecule has 30 heavy (non-hydrogen) atoms. The van der Waals surface area contributed by atoms with Crippen molar-refractivity contribution in [1.29, 1.82) is 0 Å². The second-order valence-electron chi connectivity index (χ2n) is 7.31. The van der Waals surface area contributed by atoms with Crippen LogP contribution in [0.15, 0.2) is 48.5 Å². The lowest BCUT2D eigenvalue weighted by Gasteiger charge is -2.38. The van der Waals surface area contributed by atoms with Crippen LogP contribution in [0.3, 0.4) is 0 Å². The van der Waals surface area contributed by atoms with Crippen LogP contribution in [-0.4, -0.2) is 34.6 Å². The van der Waals surface area contributed by atoms with Gasteiger partial charge in [-0.15, -0.1) is 0 Å². The maximum Gasteiger partial charge on any atom is 0.321 e.